The highest BCUT2D eigenvalue weighted by molar-refractivity contribution is 6.31. The molecule has 0 bridgehead atoms. The van der Waals surface area contributed by atoms with Crippen molar-refractivity contribution in [1.29, 1.82) is 0 Å². The molecule has 0 fully saturated rings. The number of aliphatic hydroxyl groups excluding tert-OH is 1. The number of rotatable bonds is 6. The van der Waals surface area contributed by atoms with Crippen molar-refractivity contribution in [3.05, 3.63) is 119 Å². The van der Waals surface area contributed by atoms with E-state index in [1.807, 2.05) is 36.4 Å². The second-order valence-corrected chi connectivity index (χ2v) is 8.69. The lowest BCUT2D eigenvalue weighted by molar-refractivity contribution is -0.145. The number of amides is 1. The molecule has 4 rings (SSSR count). The number of carbonyl (C=O) groups is 3. The number of halogens is 1. The van der Waals surface area contributed by atoms with Crippen molar-refractivity contribution in [2.24, 2.45) is 0 Å². The van der Waals surface area contributed by atoms with Crippen LogP contribution >= 0.6 is 11.6 Å². The smallest absolute Gasteiger partial charge is 0.374 e. The first-order valence-electron chi connectivity index (χ1n) is 11.0. The van der Waals surface area contributed by atoms with Crippen molar-refractivity contribution in [3.63, 3.8) is 0 Å². The quantitative estimate of drug-likeness (QED) is 0.156. The van der Waals surface area contributed by atoms with Gasteiger partial charge in [0.2, 0.25) is 5.76 Å². The summed E-state index contributed by atoms with van der Waals surface area (Å²) >= 11 is 6.12. The van der Waals surface area contributed by atoms with Crippen LogP contribution in [0, 0.1) is 0 Å². The first-order valence-corrected chi connectivity index (χ1v) is 11.4. The van der Waals surface area contributed by atoms with Crippen LogP contribution in [-0.4, -0.2) is 46.5 Å². The topological polar surface area (TPSA) is 88.8 Å². The van der Waals surface area contributed by atoms with Crippen molar-refractivity contribution in [1.82, 2.24) is 9.47 Å². The molecule has 36 heavy (non-hydrogen) atoms. The van der Waals surface area contributed by atoms with E-state index >= 15 is 0 Å². The van der Waals surface area contributed by atoms with E-state index < -0.39 is 23.6 Å². The molecule has 0 aliphatic rings. The molecule has 1 heterocycles. The van der Waals surface area contributed by atoms with Crippen LogP contribution in [0.1, 0.15) is 27.6 Å². The fourth-order valence-electron chi connectivity index (χ4n) is 3.78. The zero-order valence-corrected chi connectivity index (χ0v) is 20.3. The molecular weight excluding hydrogens is 480 g/mol. The average molecular weight is 503 g/mol. The molecule has 0 aliphatic carbocycles. The molecule has 1 N–H and O–H groups in total. The highest BCUT2D eigenvalue weighted by atomic mass is 35.5. The Morgan fingerprint density at radius 1 is 0.944 bits per heavy atom. The average Bonchev–Trinajstić information content (AvgIpc) is 3.26. The fraction of sp³-hybridized carbons (Fsp3) is 0.107. The number of aliphatic hydroxyl groups is 1. The van der Waals surface area contributed by atoms with Gasteiger partial charge < -0.3 is 14.7 Å². The molecular formula is C28H23ClN2O5. The molecule has 1 aromatic heterocycles. The minimum Gasteiger partial charge on any atom is -0.502 e. The van der Waals surface area contributed by atoms with E-state index in [4.69, 9.17) is 16.3 Å². The van der Waals surface area contributed by atoms with Gasteiger partial charge in [-0.1, -0.05) is 72.3 Å². The molecule has 0 aliphatic heterocycles. The molecule has 8 heteroatoms. The summed E-state index contributed by atoms with van der Waals surface area (Å²) in [5.74, 6) is -2.61. The third-order valence-corrected chi connectivity index (χ3v) is 5.76. The van der Waals surface area contributed by atoms with Crippen LogP contribution in [0.2, 0.25) is 5.02 Å². The summed E-state index contributed by atoms with van der Waals surface area (Å²) in [6.07, 6.45) is 1.36. The Balaban J connectivity index is 1.65. The summed E-state index contributed by atoms with van der Waals surface area (Å²) in [5.41, 5.74) is 1.97. The molecule has 0 radical (unpaired) electrons. The molecule has 3 aromatic carbocycles. The summed E-state index contributed by atoms with van der Waals surface area (Å²) < 4.78 is 6.91. The van der Waals surface area contributed by atoms with Gasteiger partial charge in [-0.15, -0.1) is 0 Å². The van der Waals surface area contributed by atoms with E-state index in [0.717, 1.165) is 6.08 Å². The van der Waals surface area contributed by atoms with Crippen LogP contribution in [0.15, 0.2) is 96.9 Å². The second kappa shape index (κ2) is 10.5. The predicted octanol–water partition coefficient (Wildman–Crippen LogP) is 5.78. The van der Waals surface area contributed by atoms with Crippen LogP contribution in [0.5, 0.6) is 0 Å². The maximum atomic E-state index is 13.1. The largest absolute Gasteiger partial charge is 0.502 e. The highest BCUT2D eigenvalue weighted by Gasteiger charge is 2.24. The molecule has 1 amide bonds. The van der Waals surface area contributed by atoms with Crippen molar-refractivity contribution in [3.8, 4) is 0 Å². The Morgan fingerprint density at radius 3 is 2.08 bits per heavy atom. The second-order valence-electron chi connectivity index (χ2n) is 8.25. The standard InChI is InChI=1S/C28H23ClN2O5/c1-30(2)28(35)31-17-22(21-15-20(29)13-14-23(21)31)24(32)16-25(33)27(34)36-26(18-9-5-3-6-10-18)19-11-7-4-8-12-19/h3-17,26,33H,1-2H3/b25-16-. The van der Waals surface area contributed by atoms with Crippen LogP contribution in [-0.2, 0) is 9.53 Å². The molecule has 0 spiro atoms. The van der Waals surface area contributed by atoms with Gasteiger partial charge in [0.15, 0.2) is 11.9 Å². The Labute approximate surface area is 212 Å². The van der Waals surface area contributed by atoms with Crippen LogP contribution in [0.3, 0.4) is 0 Å². The summed E-state index contributed by atoms with van der Waals surface area (Å²) in [4.78, 5) is 39.9. The number of aromatic nitrogens is 1. The zero-order valence-electron chi connectivity index (χ0n) is 19.6. The lowest BCUT2D eigenvalue weighted by atomic mass is 10.0. The summed E-state index contributed by atoms with van der Waals surface area (Å²) in [7, 11) is 3.17. The Hall–Kier alpha value is -4.36. The van der Waals surface area contributed by atoms with E-state index in [1.165, 1.54) is 15.7 Å². The van der Waals surface area contributed by atoms with Crippen LogP contribution in [0.4, 0.5) is 4.79 Å². The number of esters is 1. The van der Waals surface area contributed by atoms with Crippen molar-refractivity contribution < 1.29 is 24.2 Å². The molecule has 4 aromatic rings. The van der Waals surface area contributed by atoms with Gasteiger partial charge in [0.05, 0.1) is 5.52 Å². The van der Waals surface area contributed by atoms with Crippen LogP contribution in [0.25, 0.3) is 10.9 Å². The normalized spacial score (nSPS) is 11.5. The van der Waals surface area contributed by atoms with Gasteiger partial charge in [0.1, 0.15) is 0 Å². The number of fused-ring (bicyclic) bond motifs is 1. The Bertz CT molecular complexity index is 1420. The van der Waals surface area contributed by atoms with E-state index in [9.17, 15) is 19.5 Å². The lowest BCUT2D eigenvalue weighted by Gasteiger charge is -2.18. The van der Waals surface area contributed by atoms with Gasteiger partial charge in [-0.2, -0.15) is 0 Å². The third kappa shape index (κ3) is 5.16. The fourth-order valence-corrected chi connectivity index (χ4v) is 3.96. The van der Waals surface area contributed by atoms with Gasteiger partial charge in [-0.3, -0.25) is 9.36 Å². The molecule has 0 atom stereocenters. The molecule has 0 unspecified atom stereocenters. The number of benzene rings is 3. The Kier molecular flexibility index (Phi) is 7.22. The van der Waals surface area contributed by atoms with Crippen LogP contribution < -0.4 is 0 Å². The summed E-state index contributed by atoms with van der Waals surface area (Å²) in [6.45, 7) is 0. The first-order chi connectivity index (χ1) is 17.3. The SMILES string of the molecule is CN(C)C(=O)n1cc(C(=O)/C=C(\O)C(=O)OC(c2ccccc2)c2ccccc2)c2cc(Cl)ccc21. The summed E-state index contributed by atoms with van der Waals surface area (Å²) in [5, 5.41) is 11.3. The van der Waals surface area contributed by atoms with E-state index in [2.05, 4.69) is 0 Å². The van der Waals surface area contributed by atoms with Crippen molar-refractivity contribution >= 4 is 40.3 Å². The number of allylic oxidation sites excluding steroid dienone is 1. The number of hydrogen-bond acceptors (Lipinski definition) is 5. The Morgan fingerprint density at radius 2 is 1.53 bits per heavy atom. The molecule has 7 nitrogen and oxygen atoms in total. The van der Waals surface area contributed by atoms with Gasteiger partial charge in [-0.25, -0.2) is 9.59 Å². The summed E-state index contributed by atoms with van der Waals surface area (Å²) in [6, 6.07) is 22.6. The maximum absolute atomic E-state index is 13.1. The van der Waals surface area contributed by atoms with E-state index in [-0.39, 0.29) is 11.6 Å². The number of nitrogens with zero attached hydrogens (tertiary/aromatic N) is 2. The van der Waals surface area contributed by atoms with Crippen molar-refractivity contribution in [2.45, 2.75) is 6.10 Å². The number of hydrogen-bond donors (Lipinski definition) is 1. The minimum absolute atomic E-state index is 0.102. The molecule has 0 saturated carbocycles. The first kappa shape index (κ1) is 24.8. The number of carbonyl (C=O) groups excluding carboxylic acids is 3. The maximum Gasteiger partial charge on any atom is 0.374 e. The van der Waals surface area contributed by atoms with E-state index in [1.54, 1.807) is 56.6 Å². The molecule has 182 valence electrons. The van der Waals surface area contributed by atoms with Gasteiger partial charge in [0.25, 0.3) is 0 Å². The highest BCUT2D eigenvalue weighted by Crippen LogP contribution is 2.28. The zero-order chi connectivity index (χ0) is 25.8. The minimum atomic E-state index is -1.06. The van der Waals surface area contributed by atoms with Gasteiger partial charge in [-0.05, 0) is 29.3 Å². The third-order valence-electron chi connectivity index (χ3n) is 5.53. The van der Waals surface area contributed by atoms with Gasteiger partial charge >= 0.3 is 12.0 Å². The number of ketones is 1. The predicted molar refractivity (Wildman–Crippen MR) is 137 cm³/mol. The van der Waals surface area contributed by atoms with E-state index in [0.29, 0.717) is 27.1 Å². The monoisotopic (exact) mass is 502 g/mol. The number of ether oxygens (including phenoxy) is 1. The van der Waals surface area contributed by atoms with Crippen molar-refractivity contribution in [2.75, 3.05) is 14.1 Å². The van der Waals surface area contributed by atoms with Gasteiger partial charge in [0, 0.05) is 42.3 Å². The lowest BCUT2D eigenvalue weighted by Crippen LogP contribution is -2.26. The molecule has 0 saturated heterocycles.